The largest absolute Gasteiger partial charge is 0.299 e. The van der Waals surface area contributed by atoms with E-state index in [-0.39, 0.29) is 6.04 Å². The second-order valence-corrected chi connectivity index (χ2v) is 3.14. The molecular formula is C11H15N3. The van der Waals surface area contributed by atoms with Crippen LogP contribution in [-0.4, -0.2) is 16.0 Å². The molecule has 0 spiro atoms. The Labute approximate surface area is 85.0 Å². The van der Waals surface area contributed by atoms with Crippen molar-refractivity contribution in [2.45, 2.75) is 32.4 Å². The van der Waals surface area contributed by atoms with Crippen LogP contribution >= 0.6 is 0 Å². The molecular weight excluding hydrogens is 174 g/mol. The second kappa shape index (κ2) is 6.11. The quantitative estimate of drug-likeness (QED) is 0.711. The van der Waals surface area contributed by atoms with E-state index < -0.39 is 0 Å². The van der Waals surface area contributed by atoms with E-state index in [0.717, 1.165) is 24.9 Å². The van der Waals surface area contributed by atoms with Crippen LogP contribution in [0, 0.1) is 12.3 Å². The summed E-state index contributed by atoms with van der Waals surface area (Å²) in [4.78, 5) is 7.86. The Kier molecular flexibility index (Phi) is 4.66. The van der Waals surface area contributed by atoms with Crippen molar-refractivity contribution in [3.63, 3.8) is 0 Å². The lowest BCUT2D eigenvalue weighted by Gasteiger charge is -2.10. The molecule has 1 unspecified atom stereocenters. The van der Waals surface area contributed by atoms with Gasteiger partial charge in [0.1, 0.15) is 6.33 Å². The maximum Gasteiger partial charge on any atom is 0.115 e. The zero-order valence-corrected chi connectivity index (χ0v) is 8.40. The Balaban J connectivity index is 2.37. The summed E-state index contributed by atoms with van der Waals surface area (Å²) in [6.07, 6.45) is 12.6. The summed E-state index contributed by atoms with van der Waals surface area (Å²) < 4.78 is 0. The first-order valence-corrected chi connectivity index (χ1v) is 4.80. The average Bonchev–Trinajstić information content (AvgIpc) is 2.25. The molecule has 0 saturated carbocycles. The van der Waals surface area contributed by atoms with Gasteiger partial charge in [-0.3, -0.25) is 5.32 Å². The molecule has 3 heteroatoms. The summed E-state index contributed by atoms with van der Waals surface area (Å²) >= 11 is 0. The van der Waals surface area contributed by atoms with Gasteiger partial charge in [0.2, 0.25) is 0 Å². The molecule has 0 aromatic carbocycles. The number of terminal acetylenes is 1. The van der Waals surface area contributed by atoms with Crippen LogP contribution in [0.25, 0.3) is 0 Å². The molecule has 0 bridgehead atoms. The van der Waals surface area contributed by atoms with Gasteiger partial charge in [-0.15, -0.1) is 6.42 Å². The highest BCUT2D eigenvalue weighted by molar-refractivity contribution is 5.05. The van der Waals surface area contributed by atoms with Gasteiger partial charge in [0.15, 0.2) is 0 Å². The number of hydrogen-bond donors (Lipinski definition) is 1. The summed E-state index contributed by atoms with van der Waals surface area (Å²) in [6, 6.07) is 0.153. The van der Waals surface area contributed by atoms with Crippen LogP contribution in [0.3, 0.4) is 0 Å². The molecule has 1 atom stereocenters. The van der Waals surface area contributed by atoms with Gasteiger partial charge >= 0.3 is 0 Å². The fourth-order valence-electron chi connectivity index (χ4n) is 1.20. The van der Waals surface area contributed by atoms with Crippen molar-refractivity contribution in [3.8, 4) is 12.3 Å². The molecule has 1 rings (SSSR count). The first kappa shape index (κ1) is 10.7. The Morgan fingerprint density at radius 3 is 2.79 bits per heavy atom. The molecule has 0 radical (unpaired) electrons. The van der Waals surface area contributed by atoms with Crippen LogP contribution in [0.15, 0.2) is 18.7 Å². The van der Waals surface area contributed by atoms with Crippen molar-refractivity contribution < 1.29 is 0 Å². The van der Waals surface area contributed by atoms with E-state index in [4.69, 9.17) is 6.42 Å². The molecule has 0 amide bonds. The van der Waals surface area contributed by atoms with E-state index in [0.29, 0.717) is 0 Å². The van der Waals surface area contributed by atoms with Crippen molar-refractivity contribution in [2.24, 2.45) is 0 Å². The zero-order valence-electron chi connectivity index (χ0n) is 8.40. The third-order valence-corrected chi connectivity index (χ3v) is 1.95. The minimum atomic E-state index is 0.153. The smallest absolute Gasteiger partial charge is 0.115 e. The van der Waals surface area contributed by atoms with Gasteiger partial charge in [0, 0.05) is 24.5 Å². The number of rotatable bonds is 5. The Hall–Kier alpha value is -1.40. The van der Waals surface area contributed by atoms with Crippen LogP contribution in [-0.2, 0) is 6.54 Å². The van der Waals surface area contributed by atoms with Crippen LogP contribution in [0.1, 0.15) is 25.3 Å². The molecule has 1 aromatic rings. The van der Waals surface area contributed by atoms with Gasteiger partial charge < -0.3 is 0 Å². The topological polar surface area (TPSA) is 37.8 Å². The van der Waals surface area contributed by atoms with E-state index in [2.05, 4.69) is 28.1 Å². The van der Waals surface area contributed by atoms with Crippen LogP contribution in [0.2, 0.25) is 0 Å². The van der Waals surface area contributed by atoms with Crippen LogP contribution < -0.4 is 5.32 Å². The fourth-order valence-corrected chi connectivity index (χ4v) is 1.20. The van der Waals surface area contributed by atoms with E-state index in [1.165, 1.54) is 6.33 Å². The van der Waals surface area contributed by atoms with Crippen molar-refractivity contribution in [3.05, 3.63) is 24.3 Å². The highest BCUT2D eigenvalue weighted by Crippen LogP contribution is 1.98. The molecule has 0 aliphatic carbocycles. The van der Waals surface area contributed by atoms with Crippen molar-refractivity contribution in [2.75, 3.05) is 0 Å². The molecule has 1 N–H and O–H groups in total. The summed E-state index contributed by atoms with van der Waals surface area (Å²) in [5, 5.41) is 3.27. The molecule has 1 aromatic heterocycles. The molecule has 0 fully saturated rings. The summed E-state index contributed by atoms with van der Waals surface area (Å²) in [6.45, 7) is 2.85. The van der Waals surface area contributed by atoms with Gasteiger partial charge in [0.25, 0.3) is 0 Å². The lowest BCUT2D eigenvalue weighted by Crippen LogP contribution is -2.26. The molecule has 14 heavy (non-hydrogen) atoms. The number of aromatic nitrogens is 2. The van der Waals surface area contributed by atoms with Crippen molar-refractivity contribution >= 4 is 0 Å². The normalized spacial score (nSPS) is 12.0. The molecule has 74 valence electrons. The Bertz CT molecular complexity index is 289. The van der Waals surface area contributed by atoms with E-state index in [1.807, 2.05) is 0 Å². The predicted molar refractivity (Wildman–Crippen MR) is 56.4 cm³/mol. The summed E-state index contributed by atoms with van der Waals surface area (Å²) in [5.74, 6) is 2.72. The standard InChI is InChI=1S/C11H15N3/c1-3-5-11(4-2)14-8-10-6-12-9-13-7-10/h2,6-7,9,11,14H,3,5,8H2,1H3. The van der Waals surface area contributed by atoms with Crippen molar-refractivity contribution in [1.82, 2.24) is 15.3 Å². The van der Waals surface area contributed by atoms with Gasteiger partial charge in [0.05, 0.1) is 6.04 Å². The lowest BCUT2D eigenvalue weighted by atomic mass is 10.2. The number of nitrogens with one attached hydrogen (secondary N) is 1. The monoisotopic (exact) mass is 189 g/mol. The van der Waals surface area contributed by atoms with Crippen LogP contribution in [0.5, 0.6) is 0 Å². The van der Waals surface area contributed by atoms with Gasteiger partial charge in [-0.25, -0.2) is 9.97 Å². The summed E-state index contributed by atoms with van der Waals surface area (Å²) in [7, 11) is 0. The Morgan fingerprint density at radius 2 is 2.21 bits per heavy atom. The summed E-state index contributed by atoms with van der Waals surface area (Å²) in [5.41, 5.74) is 1.06. The molecule has 0 aliphatic rings. The van der Waals surface area contributed by atoms with Gasteiger partial charge in [-0.05, 0) is 6.42 Å². The number of nitrogens with zero attached hydrogens (tertiary/aromatic N) is 2. The molecule has 0 aliphatic heterocycles. The minimum absolute atomic E-state index is 0.153. The predicted octanol–water partition coefficient (Wildman–Crippen LogP) is 1.37. The maximum absolute atomic E-state index is 5.38. The van der Waals surface area contributed by atoms with Crippen molar-refractivity contribution in [1.29, 1.82) is 0 Å². The zero-order chi connectivity index (χ0) is 10.2. The van der Waals surface area contributed by atoms with E-state index >= 15 is 0 Å². The lowest BCUT2D eigenvalue weighted by molar-refractivity contribution is 0.561. The maximum atomic E-state index is 5.38. The second-order valence-electron chi connectivity index (χ2n) is 3.14. The minimum Gasteiger partial charge on any atom is -0.299 e. The highest BCUT2D eigenvalue weighted by Gasteiger charge is 2.02. The van der Waals surface area contributed by atoms with E-state index in [9.17, 15) is 0 Å². The number of hydrogen-bond acceptors (Lipinski definition) is 3. The SMILES string of the molecule is C#CC(CCC)NCc1cncnc1. The first-order valence-electron chi connectivity index (χ1n) is 4.80. The molecule has 0 saturated heterocycles. The average molecular weight is 189 g/mol. The Morgan fingerprint density at radius 1 is 1.50 bits per heavy atom. The third kappa shape index (κ3) is 3.55. The van der Waals surface area contributed by atoms with E-state index in [1.54, 1.807) is 12.4 Å². The molecule has 3 nitrogen and oxygen atoms in total. The fraction of sp³-hybridized carbons (Fsp3) is 0.455. The van der Waals surface area contributed by atoms with Crippen LogP contribution in [0.4, 0.5) is 0 Å². The van der Waals surface area contributed by atoms with Gasteiger partial charge in [-0.2, -0.15) is 0 Å². The first-order chi connectivity index (χ1) is 6.86. The molecule has 1 heterocycles. The third-order valence-electron chi connectivity index (χ3n) is 1.95. The van der Waals surface area contributed by atoms with Gasteiger partial charge in [-0.1, -0.05) is 19.3 Å². The highest BCUT2D eigenvalue weighted by atomic mass is 14.9.